The molecule has 1 unspecified atom stereocenters. The van der Waals surface area contributed by atoms with Gasteiger partial charge in [0.15, 0.2) is 0 Å². The first-order chi connectivity index (χ1) is 8.40. The molecule has 18 heavy (non-hydrogen) atoms. The molecule has 2 rings (SSSR count). The maximum atomic E-state index is 5.75. The maximum Gasteiger partial charge on any atom is 0.0321 e. The van der Waals surface area contributed by atoms with E-state index in [-0.39, 0.29) is 5.54 Å². The summed E-state index contributed by atoms with van der Waals surface area (Å²) in [6.07, 6.45) is 0. The molecular weight excluding hydrogens is 222 g/mol. The average molecular weight is 247 g/mol. The first-order valence-corrected chi connectivity index (χ1v) is 6.71. The Morgan fingerprint density at radius 1 is 1.17 bits per heavy atom. The zero-order chi connectivity index (χ0) is 13.3. The Morgan fingerprint density at radius 2 is 1.78 bits per heavy atom. The number of hydrogen-bond acceptors (Lipinski definition) is 3. The van der Waals surface area contributed by atoms with E-state index in [1.807, 2.05) is 12.1 Å². The van der Waals surface area contributed by atoms with Crippen LogP contribution in [0.5, 0.6) is 0 Å². The zero-order valence-electron chi connectivity index (χ0n) is 12.0. The van der Waals surface area contributed by atoms with Gasteiger partial charge in [-0.15, -0.1) is 0 Å². The monoisotopic (exact) mass is 247 g/mol. The van der Waals surface area contributed by atoms with Crippen LogP contribution < -0.4 is 5.73 Å². The van der Waals surface area contributed by atoms with E-state index in [4.69, 9.17) is 5.73 Å². The van der Waals surface area contributed by atoms with Crippen LogP contribution in [0, 0.1) is 0 Å². The Hall–Kier alpha value is -1.06. The number of nitrogens with two attached hydrogens (primary N) is 1. The van der Waals surface area contributed by atoms with E-state index in [2.05, 4.69) is 49.8 Å². The standard InChI is InChI=1S/C15H25N3/c1-12(13-5-7-14(16)8-6-13)18-10-9-17(4)15(2,3)11-18/h5-8,12H,9-11,16H2,1-4H3. The molecule has 0 aromatic heterocycles. The third-order valence-electron chi connectivity index (χ3n) is 4.31. The van der Waals surface area contributed by atoms with E-state index in [0.29, 0.717) is 6.04 Å². The van der Waals surface area contributed by atoms with Crippen LogP contribution in [0.3, 0.4) is 0 Å². The van der Waals surface area contributed by atoms with Gasteiger partial charge in [0.05, 0.1) is 0 Å². The summed E-state index contributed by atoms with van der Waals surface area (Å²) in [4.78, 5) is 5.00. The highest BCUT2D eigenvalue weighted by molar-refractivity contribution is 5.40. The highest BCUT2D eigenvalue weighted by Gasteiger charge is 2.33. The zero-order valence-corrected chi connectivity index (χ0v) is 12.0. The molecule has 1 saturated heterocycles. The van der Waals surface area contributed by atoms with Gasteiger partial charge in [0.1, 0.15) is 0 Å². The second kappa shape index (κ2) is 4.90. The minimum Gasteiger partial charge on any atom is -0.399 e. The van der Waals surface area contributed by atoms with Crippen molar-refractivity contribution in [1.29, 1.82) is 0 Å². The van der Waals surface area contributed by atoms with Gasteiger partial charge in [-0.3, -0.25) is 9.80 Å². The highest BCUT2D eigenvalue weighted by atomic mass is 15.3. The third-order valence-corrected chi connectivity index (χ3v) is 4.31. The quantitative estimate of drug-likeness (QED) is 0.814. The summed E-state index contributed by atoms with van der Waals surface area (Å²) in [6, 6.07) is 8.73. The van der Waals surface area contributed by atoms with E-state index < -0.39 is 0 Å². The molecule has 1 atom stereocenters. The van der Waals surface area contributed by atoms with Crippen LogP contribution >= 0.6 is 0 Å². The summed E-state index contributed by atoms with van der Waals surface area (Å²) in [7, 11) is 2.21. The second-order valence-electron chi connectivity index (χ2n) is 6.05. The van der Waals surface area contributed by atoms with Crippen LogP contribution in [0.15, 0.2) is 24.3 Å². The average Bonchev–Trinajstić information content (AvgIpc) is 2.33. The van der Waals surface area contributed by atoms with Gasteiger partial charge in [-0.05, 0) is 45.5 Å². The highest BCUT2D eigenvalue weighted by Crippen LogP contribution is 2.27. The van der Waals surface area contributed by atoms with E-state index in [9.17, 15) is 0 Å². The van der Waals surface area contributed by atoms with Crippen molar-refractivity contribution in [1.82, 2.24) is 9.80 Å². The molecule has 3 nitrogen and oxygen atoms in total. The van der Waals surface area contributed by atoms with Gasteiger partial charge in [-0.1, -0.05) is 12.1 Å². The third kappa shape index (κ3) is 2.68. The molecule has 0 amide bonds. The first-order valence-electron chi connectivity index (χ1n) is 6.71. The Morgan fingerprint density at radius 3 is 2.33 bits per heavy atom. The predicted molar refractivity (Wildman–Crippen MR) is 77.6 cm³/mol. The van der Waals surface area contributed by atoms with Crippen molar-refractivity contribution in [2.24, 2.45) is 0 Å². The fraction of sp³-hybridized carbons (Fsp3) is 0.600. The van der Waals surface area contributed by atoms with Gasteiger partial charge in [-0.25, -0.2) is 0 Å². The fourth-order valence-electron chi connectivity index (χ4n) is 2.59. The van der Waals surface area contributed by atoms with Crippen molar-refractivity contribution in [2.45, 2.75) is 32.4 Å². The minimum atomic E-state index is 0.250. The lowest BCUT2D eigenvalue weighted by atomic mass is 9.96. The Labute approximate surface area is 111 Å². The molecular formula is C15H25N3. The van der Waals surface area contributed by atoms with Crippen LogP contribution in [0.1, 0.15) is 32.4 Å². The summed E-state index contributed by atoms with van der Waals surface area (Å²) >= 11 is 0. The molecule has 1 aliphatic heterocycles. The lowest BCUT2D eigenvalue weighted by Crippen LogP contribution is -2.57. The largest absolute Gasteiger partial charge is 0.399 e. The minimum absolute atomic E-state index is 0.250. The molecule has 2 N–H and O–H groups in total. The lowest BCUT2D eigenvalue weighted by Gasteiger charge is -2.47. The molecule has 100 valence electrons. The van der Waals surface area contributed by atoms with Gasteiger partial charge in [0.2, 0.25) is 0 Å². The van der Waals surface area contributed by atoms with Crippen molar-refractivity contribution in [3.63, 3.8) is 0 Å². The number of benzene rings is 1. The molecule has 1 aromatic rings. The van der Waals surface area contributed by atoms with Crippen LogP contribution in [-0.4, -0.2) is 42.0 Å². The van der Waals surface area contributed by atoms with Crippen LogP contribution in [0.4, 0.5) is 5.69 Å². The Kier molecular flexibility index (Phi) is 3.64. The van der Waals surface area contributed by atoms with Gasteiger partial charge >= 0.3 is 0 Å². The maximum absolute atomic E-state index is 5.75. The van der Waals surface area contributed by atoms with Crippen LogP contribution in [0.2, 0.25) is 0 Å². The van der Waals surface area contributed by atoms with Gasteiger partial charge in [0, 0.05) is 36.9 Å². The summed E-state index contributed by atoms with van der Waals surface area (Å²) in [6.45, 7) is 10.3. The number of rotatable bonds is 2. The molecule has 0 aliphatic carbocycles. The summed E-state index contributed by atoms with van der Waals surface area (Å²) in [5.41, 5.74) is 8.19. The van der Waals surface area contributed by atoms with Gasteiger partial charge < -0.3 is 5.73 Å². The van der Waals surface area contributed by atoms with Gasteiger partial charge in [0.25, 0.3) is 0 Å². The number of nitrogen functional groups attached to an aromatic ring is 1. The Balaban J connectivity index is 2.10. The lowest BCUT2D eigenvalue weighted by molar-refractivity contribution is 0.0202. The normalized spacial score (nSPS) is 22.9. The first kappa shape index (κ1) is 13.4. The molecule has 3 heteroatoms. The summed E-state index contributed by atoms with van der Waals surface area (Å²) in [5.74, 6) is 0. The number of nitrogens with zero attached hydrogens (tertiary/aromatic N) is 2. The van der Waals surface area contributed by atoms with Crippen LogP contribution in [0.25, 0.3) is 0 Å². The van der Waals surface area contributed by atoms with E-state index in [0.717, 1.165) is 25.3 Å². The van der Waals surface area contributed by atoms with Crippen molar-refractivity contribution >= 4 is 5.69 Å². The molecule has 1 fully saturated rings. The second-order valence-corrected chi connectivity index (χ2v) is 6.05. The molecule has 0 saturated carbocycles. The number of likely N-dealkylation sites (N-methyl/N-ethyl adjacent to an activating group) is 1. The SMILES string of the molecule is CC(c1ccc(N)cc1)N1CCN(C)C(C)(C)C1. The van der Waals surface area contributed by atoms with Crippen LogP contribution in [-0.2, 0) is 0 Å². The van der Waals surface area contributed by atoms with E-state index in [1.165, 1.54) is 5.56 Å². The topological polar surface area (TPSA) is 32.5 Å². The smallest absolute Gasteiger partial charge is 0.0321 e. The predicted octanol–water partition coefficient (Wildman–Crippen LogP) is 2.36. The molecule has 0 radical (unpaired) electrons. The molecule has 1 aromatic carbocycles. The van der Waals surface area contributed by atoms with E-state index >= 15 is 0 Å². The fourth-order valence-corrected chi connectivity index (χ4v) is 2.59. The molecule has 0 bridgehead atoms. The van der Waals surface area contributed by atoms with Gasteiger partial charge in [-0.2, -0.15) is 0 Å². The van der Waals surface area contributed by atoms with Crippen molar-refractivity contribution in [3.8, 4) is 0 Å². The summed E-state index contributed by atoms with van der Waals surface area (Å²) in [5, 5.41) is 0. The molecule has 0 spiro atoms. The van der Waals surface area contributed by atoms with Crippen molar-refractivity contribution in [3.05, 3.63) is 29.8 Å². The Bertz CT molecular complexity index is 397. The number of hydrogen-bond donors (Lipinski definition) is 1. The molecule has 1 heterocycles. The van der Waals surface area contributed by atoms with Crippen molar-refractivity contribution in [2.75, 3.05) is 32.4 Å². The number of piperazine rings is 1. The number of anilines is 1. The van der Waals surface area contributed by atoms with Crippen molar-refractivity contribution < 1.29 is 0 Å². The molecule has 1 aliphatic rings. The van der Waals surface area contributed by atoms with E-state index in [1.54, 1.807) is 0 Å². The summed E-state index contributed by atoms with van der Waals surface area (Å²) < 4.78 is 0.